The lowest BCUT2D eigenvalue weighted by Gasteiger charge is -2.23. The van der Waals surface area contributed by atoms with Crippen LogP contribution in [0.5, 0.6) is 0 Å². The molecule has 0 spiro atoms. The summed E-state index contributed by atoms with van der Waals surface area (Å²) in [6, 6.07) is 14.9. The van der Waals surface area contributed by atoms with Crippen molar-refractivity contribution in [3.63, 3.8) is 0 Å². The molecule has 1 saturated heterocycles. The molecule has 1 fully saturated rings. The second-order valence-electron chi connectivity index (χ2n) is 10.1. The third-order valence-corrected chi connectivity index (χ3v) is 7.93. The van der Waals surface area contributed by atoms with Crippen LogP contribution in [0.3, 0.4) is 0 Å². The van der Waals surface area contributed by atoms with Crippen molar-refractivity contribution in [2.45, 2.75) is 44.4 Å². The molecule has 1 aliphatic heterocycles. The van der Waals surface area contributed by atoms with E-state index in [9.17, 15) is 9.18 Å². The maximum Gasteiger partial charge on any atom is 0.254 e. The van der Waals surface area contributed by atoms with E-state index >= 15 is 0 Å². The minimum atomic E-state index is -0.902. The normalized spacial score (nSPS) is 16.8. The van der Waals surface area contributed by atoms with Crippen LogP contribution in [0.1, 0.15) is 58.3 Å². The molecule has 204 valence electrons. The Morgan fingerprint density at radius 3 is 2.70 bits per heavy atom. The van der Waals surface area contributed by atoms with E-state index in [0.29, 0.717) is 41.2 Å². The Morgan fingerprint density at radius 1 is 1.18 bits per heavy atom. The Morgan fingerprint density at radius 2 is 1.98 bits per heavy atom. The van der Waals surface area contributed by atoms with Crippen molar-refractivity contribution in [3.8, 4) is 22.9 Å². The van der Waals surface area contributed by atoms with E-state index in [-0.39, 0.29) is 23.7 Å². The maximum atomic E-state index is 13.9. The van der Waals surface area contributed by atoms with Gasteiger partial charge in [0.05, 0.1) is 23.5 Å². The first-order chi connectivity index (χ1) is 19.4. The van der Waals surface area contributed by atoms with Gasteiger partial charge < -0.3 is 19.5 Å². The predicted molar refractivity (Wildman–Crippen MR) is 147 cm³/mol. The van der Waals surface area contributed by atoms with E-state index < -0.39 is 12.2 Å². The Hall–Kier alpha value is -4.22. The number of rotatable bonds is 8. The summed E-state index contributed by atoms with van der Waals surface area (Å²) in [4.78, 5) is 24.3. The van der Waals surface area contributed by atoms with Gasteiger partial charge in [-0.1, -0.05) is 30.3 Å². The second-order valence-corrected chi connectivity index (χ2v) is 11.0. The van der Waals surface area contributed by atoms with Crippen LogP contribution in [0.4, 0.5) is 4.39 Å². The largest absolute Gasteiger partial charge is 0.445 e. The van der Waals surface area contributed by atoms with Crippen molar-refractivity contribution in [1.29, 1.82) is 0 Å². The number of likely N-dealkylation sites (tertiary alicyclic amines) is 1. The number of nitrogens with zero attached hydrogens (tertiary/aromatic N) is 5. The smallest absolute Gasteiger partial charge is 0.254 e. The maximum absolute atomic E-state index is 13.9. The monoisotopic (exact) mass is 558 g/mol. The van der Waals surface area contributed by atoms with Gasteiger partial charge in [-0.25, -0.2) is 14.4 Å². The lowest BCUT2D eigenvalue weighted by Crippen LogP contribution is -2.35. The quantitative estimate of drug-likeness (QED) is 0.257. The standard InChI is InChI=1S/C29H27FN6O3S/c1-29(31,15-18-6-3-2-4-7-18)28-35-34-25(39-28)20-12-19(24-32-9-11-38-24)13-21(14-20)27(37)36-10-5-8-23(36)26-33-22(16-30)17-40-26/h2-4,6-7,9,11-14,17,23H,5,8,10,15-16,31H2,1H3/t23-,29+/m1/s1. The van der Waals surface area contributed by atoms with Gasteiger partial charge in [0.2, 0.25) is 17.7 Å². The Bertz CT molecular complexity index is 1620. The molecule has 40 heavy (non-hydrogen) atoms. The SMILES string of the molecule is C[C@](N)(Cc1ccccc1)c1nnc(-c2cc(C(=O)N3CCC[C@@H]3c3nc(CF)cs3)cc(-c3ncco3)c2)o1. The number of hydrogen-bond donors (Lipinski definition) is 1. The summed E-state index contributed by atoms with van der Waals surface area (Å²) in [5, 5.41) is 11.0. The first-order valence-corrected chi connectivity index (χ1v) is 13.8. The van der Waals surface area contributed by atoms with Crippen molar-refractivity contribution < 1.29 is 18.0 Å². The molecule has 0 bridgehead atoms. The highest BCUT2D eigenvalue weighted by Gasteiger charge is 2.34. The highest BCUT2D eigenvalue weighted by Crippen LogP contribution is 2.36. The van der Waals surface area contributed by atoms with E-state index in [1.54, 1.807) is 34.7 Å². The van der Waals surface area contributed by atoms with Crippen LogP contribution in [0.25, 0.3) is 22.9 Å². The van der Waals surface area contributed by atoms with Gasteiger partial charge >= 0.3 is 0 Å². The fourth-order valence-corrected chi connectivity index (χ4v) is 5.94. The molecule has 3 aromatic heterocycles. The first kappa shape index (κ1) is 26.0. The molecule has 1 aliphatic rings. The molecule has 6 rings (SSSR count). The minimum absolute atomic E-state index is 0.179. The summed E-state index contributed by atoms with van der Waals surface area (Å²) in [6.07, 6.45) is 5.11. The number of benzene rings is 2. The molecule has 5 aromatic rings. The molecule has 9 nitrogen and oxygen atoms in total. The average Bonchev–Trinajstić information content (AvgIpc) is 3.79. The van der Waals surface area contributed by atoms with Crippen LogP contribution in [0.2, 0.25) is 0 Å². The van der Waals surface area contributed by atoms with Gasteiger partial charge in [0.25, 0.3) is 5.91 Å². The summed E-state index contributed by atoms with van der Waals surface area (Å²) in [5.41, 5.74) is 8.68. The van der Waals surface area contributed by atoms with Crippen molar-refractivity contribution in [2.75, 3.05) is 6.54 Å². The number of alkyl halides is 1. The number of carbonyl (C=O) groups is 1. The van der Waals surface area contributed by atoms with Crippen LogP contribution in [-0.2, 0) is 18.6 Å². The molecular formula is C29H27FN6O3S. The molecule has 0 aliphatic carbocycles. The van der Waals surface area contributed by atoms with Crippen molar-refractivity contribution in [1.82, 2.24) is 25.1 Å². The van der Waals surface area contributed by atoms with E-state index in [1.165, 1.54) is 17.6 Å². The topological polar surface area (TPSA) is 124 Å². The number of hydrogen-bond acceptors (Lipinski definition) is 9. The van der Waals surface area contributed by atoms with Gasteiger partial charge in [-0.2, -0.15) is 0 Å². The van der Waals surface area contributed by atoms with Crippen LogP contribution in [0.15, 0.2) is 75.2 Å². The molecule has 4 heterocycles. The molecule has 11 heteroatoms. The van der Waals surface area contributed by atoms with E-state index in [4.69, 9.17) is 14.6 Å². The number of oxazole rings is 1. The number of amides is 1. The summed E-state index contributed by atoms with van der Waals surface area (Å²) >= 11 is 1.38. The molecule has 2 atom stereocenters. The van der Waals surface area contributed by atoms with Gasteiger partial charge in [-0.05, 0) is 49.9 Å². The van der Waals surface area contributed by atoms with Crippen LogP contribution < -0.4 is 5.73 Å². The summed E-state index contributed by atoms with van der Waals surface area (Å²) in [7, 11) is 0. The van der Waals surface area contributed by atoms with Gasteiger partial charge in [0.1, 0.15) is 17.9 Å². The third kappa shape index (κ3) is 5.17. The summed E-state index contributed by atoms with van der Waals surface area (Å²) in [5.74, 6) is 0.691. The number of thiazole rings is 1. The van der Waals surface area contributed by atoms with Crippen molar-refractivity contribution in [2.24, 2.45) is 5.73 Å². The molecule has 0 radical (unpaired) electrons. The minimum Gasteiger partial charge on any atom is -0.445 e. The number of halogens is 1. The lowest BCUT2D eigenvalue weighted by atomic mass is 9.94. The third-order valence-electron chi connectivity index (χ3n) is 6.94. The van der Waals surface area contributed by atoms with Crippen LogP contribution >= 0.6 is 11.3 Å². The fourth-order valence-electron chi connectivity index (χ4n) is 5.00. The first-order valence-electron chi connectivity index (χ1n) is 12.9. The molecule has 2 aromatic carbocycles. The van der Waals surface area contributed by atoms with Gasteiger partial charge in [0, 0.05) is 28.6 Å². The van der Waals surface area contributed by atoms with Gasteiger partial charge in [-0.15, -0.1) is 21.5 Å². The molecule has 0 unspecified atom stereocenters. The lowest BCUT2D eigenvalue weighted by molar-refractivity contribution is 0.0735. The number of nitrogens with two attached hydrogens (primary N) is 1. The van der Waals surface area contributed by atoms with Gasteiger partial charge in [-0.3, -0.25) is 4.79 Å². The highest BCUT2D eigenvalue weighted by molar-refractivity contribution is 7.09. The fraction of sp³-hybridized carbons (Fsp3) is 0.276. The van der Waals surface area contributed by atoms with Crippen molar-refractivity contribution >= 4 is 17.2 Å². The molecule has 0 saturated carbocycles. The van der Waals surface area contributed by atoms with E-state index in [0.717, 1.165) is 23.4 Å². The van der Waals surface area contributed by atoms with Gasteiger partial charge in [0.15, 0.2) is 0 Å². The predicted octanol–water partition coefficient (Wildman–Crippen LogP) is 5.71. The van der Waals surface area contributed by atoms with Crippen molar-refractivity contribution in [3.05, 3.63) is 94.1 Å². The Kier molecular flexibility index (Phi) is 6.99. The average molecular weight is 559 g/mol. The molecule has 2 N–H and O–H groups in total. The zero-order valence-electron chi connectivity index (χ0n) is 21.8. The van der Waals surface area contributed by atoms with E-state index in [2.05, 4.69) is 20.2 Å². The summed E-state index contributed by atoms with van der Waals surface area (Å²) < 4.78 is 24.7. The molecular weight excluding hydrogens is 531 g/mol. The Labute approximate surface area is 233 Å². The number of aromatic nitrogens is 4. The number of carbonyl (C=O) groups excluding carboxylic acids is 1. The zero-order valence-corrected chi connectivity index (χ0v) is 22.6. The second kappa shape index (κ2) is 10.7. The summed E-state index contributed by atoms with van der Waals surface area (Å²) in [6.45, 7) is 1.79. The van der Waals surface area contributed by atoms with Crippen LogP contribution in [-0.4, -0.2) is 37.5 Å². The highest BCUT2D eigenvalue weighted by atomic mass is 32.1. The zero-order chi connectivity index (χ0) is 27.7. The Balaban J connectivity index is 1.34. The molecule has 1 amide bonds. The van der Waals surface area contributed by atoms with Crippen LogP contribution in [0, 0.1) is 0 Å². The van der Waals surface area contributed by atoms with E-state index in [1.807, 2.05) is 37.3 Å².